The molecule has 2 aromatic rings. The van der Waals surface area contributed by atoms with E-state index in [1.54, 1.807) is 30.3 Å². The molecule has 0 aromatic heterocycles. The molecule has 7 heteroatoms. The van der Waals surface area contributed by atoms with Gasteiger partial charge in [0.25, 0.3) is 5.91 Å². The van der Waals surface area contributed by atoms with Gasteiger partial charge in [0.1, 0.15) is 6.07 Å². The van der Waals surface area contributed by atoms with Crippen LogP contribution in [0.5, 0.6) is 0 Å². The molecule has 0 saturated heterocycles. The van der Waals surface area contributed by atoms with Crippen LogP contribution < -0.4 is 5.32 Å². The summed E-state index contributed by atoms with van der Waals surface area (Å²) in [5.74, 6) is -1.10. The Morgan fingerprint density at radius 3 is 2.70 bits per heavy atom. The lowest BCUT2D eigenvalue weighted by Crippen LogP contribution is -2.20. The van der Waals surface area contributed by atoms with Crippen LogP contribution in [0.25, 0.3) is 0 Å². The Morgan fingerprint density at radius 1 is 1.26 bits per heavy atom. The summed E-state index contributed by atoms with van der Waals surface area (Å²) in [5, 5.41) is 11.5. The fraction of sp³-hybridized carbons (Fsp3) is 0.0625. The van der Waals surface area contributed by atoms with Crippen LogP contribution in [0.2, 0.25) is 5.02 Å². The minimum Gasteiger partial charge on any atom is -0.452 e. The van der Waals surface area contributed by atoms with Crippen LogP contribution >= 0.6 is 27.5 Å². The van der Waals surface area contributed by atoms with E-state index < -0.39 is 18.5 Å². The zero-order chi connectivity index (χ0) is 16.8. The highest BCUT2D eigenvalue weighted by Crippen LogP contribution is 2.20. The molecule has 0 spiro atoms. The second kappa shape index (κ2) is 7.77. The Bertz CT molecular complexity index is 802. The van der Waals surface area contributed by atoms with Crippen LogP contribution in [-0.4, -0.2) is 18.5 Å². The van der Waals surface area contributed by atoms with Crippen LogP contribution in [0, 0.1) is 11.3 Å². The molecular formula is C16H10BrClN2O3. The molecule has 0 aliphatic heterocycles. The van der Waals surface area contributed by atoms with Crippen LogP contribution in [0.1, 0.15) is 15.9 Å². The molecular weight excluding hydrogens is 384 g/mol. The predicted octanol–water partition coefficient (Wildman–Crippen LogP) is 3.77. The van der Waals surface area contributed by atoms with Crippen molar-refractivity contribution in [2.75, 3.05) is 11.9 Å². The molecule has 0 bridgehead atoms. The Hall–Kier alpha value is -2.36. The second-order valence-corrected chi connectivity index (χ2v) is 5.76. The fourth-order valence-electron chi connectivity index (χ4n) is 1.71. The number of amides is 1. The van der Waals surface area contributed by atoms with Gasteiger partial charge in [-0.2, -0.15) is 5.26 Å². The third-order valence-corrected chi connectivity index (χ3v) is 3.57. The Labute approximate surface area is 145 Å². The number of halogens is 2. The minimum absolute atomic E-state index is 0.233. The van der Waals surface area contributed by atoms with Gasteiger partial charge in [0.15, 0.2) is 6.61 Å². The number of nitrogens with one attached hydrogen (secondary N) is 1. The van der Waals surface area contributed by atoms with E-state index in [0.29, 0.717) is 16.8 Å². The summed E-state index contributed by atoms with van der Waals surface area (Å²) in [4.78, 5) is 23.6. The number of nitriles is 1. The number of anilines is 1. The SMILES string of the molecule is N#Cc1ccc(NC(=O)COC(=O)c2cccc(Br)c2)cc1Cl. The molecule has 1 amide bonds. The first-order valence-electron chi connectivity index (χ1n) is 6.42. The van der Waals surface area contributed by atoms with E-state index in [-0.39, 0.29) is 5.02 Å². The molecule has 0 saturated carbocycles. The first kappa shape index (κ1) is 17.0. The van der Waals surface area contributed by atoms with Crippen molar-refractivity contribution in [2.24, 2.45) is 0 Å². The fourth-order valence-corrected chi connectivity index (χ4v) is 2.33. The maximum Gasteiger partial charge on any atom is 0.338 e. The van der Waals surface area contributed by atoms with Crippen molar-refractivity contribution in [3.8, 4) is 6.07 Å². The van der Waals surface area contributed by atoms with Crippen molar-refractivity contribution >= 4 is 45.1 Å². The lowest BCUT2D eigenvalue weighted by molar-refractivity contribution is -0.119. The Morgan fingerprint density at radius 2 is 2.04 bits per heavy atom. The third kappa shape index (κ3) is 4.81. The topological polar surface area (TPSA) is 79.2 Å². The van der Waals surface area contributed by atoms with Crippen molar-refractivity contribution in [3.63, 3.8) is 0 Å². The van der Waals surface area contributed by atoms with Gasteiger partial charge in [0, 0.05) is 10.2 Å². The van der Waals surface area contributed by atoms with Gasteiger partial charge in [-0.15, -0.1) is 0 Å². The molecule has 2 aromatic carbocycles. The van der Waals surface area contributed by atoms with Gasteiger partial charge in [-0.1, -0.05) is 33.6 Å². The molecule has 0 unspecified atom stereocenters. The average Bonchev–Trinajstić information content (AvgIpc) is 2.53. The number of hydrogen-bond acceptors (Lipinski definition) is 4. The zero-order valence-electron chi connectivity index (χ0n) is 11.7. The number of nitrogens with zero attached hydrogens (tertiary/aromatic N) is 1. The average molecular weight is 394 g/mol. The molecule has 0 fully saturated rings. The third-order valence-electron chi connectivity index (χ3n) is 2.77. The van der Waals surface area contributed by atoms with Crippen LogP contribution in [-0.2, 0) is 9.53 Å². The van der Waals surface area contributed by atoms with E-state index in [1.165, 1.54) is 12.1 Å². The summed E-state index contributed by atoms with van der Waals surface area (Å²) in [6, 6.07) is 13.1. The number of ether oxygens (including phenoxy) is 1. The molecule has 0 heterocycles. The first-order valence-corrected chi connectivity index (χ1v) is 7.59. The highest BCUT2D eigenvalue weighted by Gasteiger charge is 2.11. The molecule has 23 heavy (non-hydrogen) atoms. The van der Waals surface area contributed by atoms with Crippen molar-refractivity contribution in [1.29, 1.82) is 5.26 Å². The molecule has 0 atom stereocenters. The lowest BCUT2D eigenvalue weighted by Gasteiger charge is -2.07. The van der Waals surface area contributed by atoms with E-state index in [4.69, 9.17) is 21.6 Å². The van der Waals surface area contributed by atoms with Gasteiger partial charge in [-0.25, -0.2) is 4.79 Å². The smallest absolute Gasteiger partial charge is 0.338 e. The predicted molar refractivity (Wildman–Crippen MR) is 89.2 cm³/mol. The molecule has 0 radical (unpaired) electrons. The van der Waals surface area contributed by atoms with Crippen LogP contribution in [0.4, 0.5) is 5.69 Å². The number of hydrogen-bond donors (Lipinski definition) is 1. The summed E-state index contributed by atoms with van der Waals surface area (Å²) < 4.78 is 5.67. The summed E-state index contributed by atoms with van der Waals surface area (Å²) in [6.07, 6.45) is 0. The Balaban J connectivity index is 1.91. The van der Waals surface area contributed by atoms with E-state index in [9.17, 15) is 9.59 Å². The van der Waals surface area contributed by atoms with E-state index in [2.05, 4.69) is 21.2 Å². The minimum atomic E-state index is -0.598. The summed E-state index contributed by atoms with van der Waals surface area (Å²) in [6.45, 7) is -0.428. The molecule has 0 aliphatic carbocycles. The maximum atomic E-state index is 11.8. The summed E-state index contributed by atoms with van der Waals surface area (Å²) in [5.41, 5.74) is 1.07. The molecule has 5 nitrogen and oxygen atoms in total. The van der Waals surface area contributed by atoms with Crippen molar-refractivity contribution in [3.05, 3.63) is 63.1 Å². The van der Waals surface area contributed by atoms with E-state index in [1.807, 2.05) is 6.07 Å². The van der Waals surface area contributed by atoms with Crippen LogP contribution in [0.3, 0.4) is 0 Å². The number of esters is 1. The lowest BCUT2D eigenvalue weighted by atomic mass is 10.2. The number of carbonyl (C=O) groups excluding carboxylic acids is 2. The zero-order valence-corrected chi connectivity index (χ0v) is 14.0. The number of benzene rings is 2. The first-order chi connectivity index (χ1) is 11.0. The highest BCUT2D eigenvalue weighted by atomic mass is 79.9. The highest BCUT2D eigenvalue weighted by molar-refractivity contribution is 9.10. The number of carbonyl (C=O) groups is 2. The maximum absolute atomic E-state index is 11.8. The van der Waals surface area contributed by atoms with Gasteiger partial charge < -0.3 is 10.1 Å². The quantitative estimate of drug-likeness (QED) is 0.802. The van der Waals surface area contributed by atoms with Crippen molar-refractivity contribution < 1.29 is 14.3 Å². The van der Waals surface area contributed by atoms with Gasteiger partial charge in [-0.3, -0.25) is 4.79 Å². The molecule has 1 N–H and O–H groups in total. The van der Waals surface area contributed by atoms with Gasteiger partial charge in [0.05, 0.1) is 16.1 Å². The van der Waals surface area contributed by atoms with Gasteiger partial charge in [-0.05, 0) is 36.4 Å². The van der Waals surface area contributed by atoms with E-state index >= 15 is 0 Å². The van der Waals surface area contributed by atoms with Crippen molar-refractivity contribution in [2.45, 2.75) is 0 Å². The molecule has 2 rings (SSSR count). The second-order valence-electron chi connectivity index (χ2n) is 4.44. The van der Waals surface area contributed by atoms with Gasteiger partial charge in [0.2, 0.25) is 0 Å². The van der Waals surface area contributed by atoms with Crippen LogP contribution in [0.15, 0.2) is 46.9 Å². The molecule has 0 aliphatic rings. The summed E-state index contributed by atoms with van der Waals surface area (Å²) in [7, 11) is 0. The monoisotopic (exact) mass is 392 g/mol. The number of rotatable bonds is 4. The molecule has 116 valence electrons. The van der Waals surface area contributed by atoms with Crippen molar-refractivity contribution in [1.82, 2.24) is 0 Å². The standard InChI is InChI=1S/C16H10BrClN2O3/c17-12-3-1-2-10(6-12)16(22)23-9-15(21)20-13-5-4-11(8-19)14(18)7-13/h1-7H,9H2,(H,20,21). The van der Waals surface area contributed by atoms with Gasteiger partial charge >= 0.3 is 5.97 Å². The Kier molecular flexibility index (Phi) is 5.74. The largest absolute Gasteiger partial charge is 0.452 e. The summed E-state index contributed by atoms with van der Waals surface area (Å²) >= 11 is 9.12. The normalized spacial score (nSPS) is 9.78. The van der Waals surface area contributed by atoms with E-state index in [0.717, 1.165) is 4.47 Å².